The molecule has 3 aromatic rings. The van der Waals surface area contributed by atoms with Crippen LogP contribution in [0.15, 0.2) is 66.7 Å². The average molecular weight is 332 g/mol. The van der Waals surface area contributed by atoms with Gasteiger partial charge in [-0.1, -0.05) is 54.6 Å². The molecule has 3 aromatic carbocycles. The number of hydrogen-bond donors (Lipinski definition) is 1. The minimum Gasteiger partial charge on any atom is -0.504 e. The van der Waals surface area contributed by atoms with Gasteiger partial charge in [-0.3, -0.25) is 9.59 Å². The lowest BCUT2D eigenvalue weighted by Crippen LogP contribution is -2.00. The molecule has 0 atom stereocenters. The number of hydrogen-bond acceptors (Lipinski definition) is 4. The maximum absolute atomic E-state index is 12.4. The van der Waals surface area contributed by atoms with Gasteiger partial charge in [0.05, 0.1) is 7.11 Å². The molecule has 0 amide bonds. The van der Waals surface area contributed by atoms with Gasteiger partial charge in [-0.25, -0.2) is 0 Å². The molecule has 1 N–H and O–H groups in total. The number of rotatable bonds is 5. The van der Waals surface area contributed by atoms with Crippen LogP contribution in [0.2, 0.25) is 0 Å². The van der Waals surface area contributed by atoms with Crippen LogP contribution in [0.1, 0.15) is 26.3 Å². The molecular weight excluding hydrogens is 316 g/mol. The second kappa shape index (κ2) is 7.01. The molecule has 0 aliphatic carbocycles. The van der Waals surface area contributed by atoms with E-state index in [-0.39, 0.29) is 17.3 Å². The van der Waals surface area contributed by atoms with Crippen molar-refractivity contribution < 1.29 is 19.4 Å². The summed E-state index contributed by atoms with van der Waals surface area (Å²) >= 11 is 0. The van der Waals surface area contributed by atoms with E-state index in [1.807, 2.05) is 18.2 Å². The Labute approximate surface area is 145 Å². The van der Waals surface area contributed by atoms with Crippen molar-refractivity contribution >= 4 is 12.1 Å². The zero-order chi connectivity index (χ0) is 17.8. The second-order valence-corrected chi connectivity index (χ2v) is 5.51. The number of aldehydes is 1. The van der Waals surface area contributed by atoms with Crippen molar-refractivity contribution in [2.24, 2.45) is 0 Å². The molecule has 0 heterocycles. The van der Waals surface area contributed by atoms with Crippen LogP contribution < -0.4 is 4.74 Å². The molecule has 0 fully saturated rings. The summed E-state index contributed by atoms with van der Waals surface area (Å²) in [5.41, 5.74) is 2.72. The molecule has 0 aliphatic rings. The molecule has 0 unspecified atom stereocenters. The van der Waals surface area contributed by atoms with Gasteiger partial charge in [-0.05, 0) is 17.7 Å². The summed E-state index contributed by atoms with van der Waals surface area (Å²) in [6.07, 6.45) is 0.693. The number of phenolic OH excluding ortho intramolecular Hbond substituents is 1. The number of methoxy groups -OCH3 is 1. The zero-order valence-corrected chi connectivity index (χ0v) is 13.6. The third-order valence-electron chi connectivity index (χ3n) is 3.95. The third-order valence-corrected chi connectivity index (χ3v) is 3.95. The van der Waals surface area contributed by atoms with Gasteiger partial charge in [0.15, 0.2) is 17.3 Å². The molecule has 4 nitrogen and oxygen atoms in total. The molecule has 124 valence electrons. The summed E-state index contributed by atoms with van der Waals surface area (Å²) in [5.74, 6) is 0.106. The topological polar surface area (TPSA) is 63.6 Å². The molecule has 0 saturated carbocycles. The van der Waals surface area contributed by atoms with E-state index in [2.05, 4.69) is 0 Å². The van der Waals surface area contributed by atoms with Gasteiger partial charge in [0.2, 0.25) is 0 Å². The summed E-state index contributed by atoms with van der Waals surface area (Å²) < 4.78 is 5.11. The van der Waals surface area contributed by atoms with Crippen molar-refractivity contribution in [1.82, 2.24) is 0 Å². The number of carbonyl (C=O) groups is 2. The third kappa shape index (κ3) is 3.28. The summed E-state index contributed by atoms with van der Waals surface area (Å²) in [5, 5.41) is 10.3. The van der Waals surface area contributed by atoms with Crippen molar-refractivity contribution in [3.05, 3.63) is 83.4 Å². The van der Waals surface area contributed by atoms with Crippen LogP contribution >= 0.6 is 0 Å². The molecule has 4 heteroatoms. The number of aromatic hydroxyl groups is 1. The number of ether oxygens (including phenoxy) is 1. The lowest BCUT2D eigenvalue weighted by Gasteiger charge is -2.11. The molecular formula is C21H16O4. The van der Waals surface area contributed by atoms with Crippen molar-refractivity contribution in [2.45, 2.75) is 0 Å². The molecule has 3 rings (SSSR count). The molecule has 0 saturated heterocycles. The predicted molar refractivity (Wildman–Crippen MR) is 95.4 cm³/mol. The fraction of sp³-hybridized carbons (Fsp3) is 0.0476. The van der Waals surface area contributed by atoms with Crippen LogP contribution in [0.5, 0.6) is 11.5 Å². The second-order valence-electron chi connectivity index (χ2n) is 5.51. The Balaban J connectivity index is 1.98. The highest BCUT2D eigenvalue weighted by Crippen LogP contribution is 2.38. The first-order chi connectivity index (χ1) is 12.1. The lowest BCUT2D eigenvalue weighted by atomic mass is 9.97. The number of phenols is 1. The Bertz CT molecular complexity index is 913. The van der Waals surface area contributed by atoms with Crippen molar-refractivity contribution in [2.75, 3.05) is 7.11 Å². The van der Waals surface area contributed by atoms with E-state index in [4.69, 9.17) is 4.74 Å². The molecule has 0 bridgehead atoms. The SMILES string of the molecule is COc1cc(C=O)cc(-c2ccc(C(=O)c3ccccc3)cc2)c1O. The van der Waals surface area contributed by atoms with Crippen LogP contribution in [-0.4, -0.2) is 24.3 Å². The standard InChI is InChI=1S/C21H16O4/c1-25-19-12-14(13-22)11-18(21(19)24)15-7-9-17(10-8-15)20(23)16-5-3-2-4-6-16/h2-13,24H,1H3. The van der Waals surface area contributed by atoms with Crippen LogP contribution in [-0.2, 0) is 0 Å². The Kier molecular flexibility index (Phi) is 4.61. The maximum Gasteiger partial charge on any atom is 0.193 e. The number of ketones is 1. The molecule has 0 spiro atoms. The highest BCUT2D eigenvalue weighted by atomic mass is 16.5. The minimum atomic E-state index is -0.0735. The van der Waals surface area contributed by atoms with Gasteiger partial charge in [0, 0.05) is 22.3 Å². The van der Waals surface area contributed by atoms with Gasteiger partial charge in [-0.2, -0.15) is 0 Å². The van der Waals surface area contributed by atoms with E-state index < -0.39 is 0 Å². The Hall–Kier alpha value is -3.40. The minimum absolute atomic E-state index is 0.0461. The summed E-state index contributed by atoms with van der Waals surface area (Å²) in [7, 11) is 1.43. The molecule has 0 aliphatic heterocycles. The van der Waals surface area contributed by atoms with Crippen LogP contribution in [0.3, 0.4) is 0 Å². The quantitative estimate of drug-likeness (QED) is 0.564. The van der Waals surface area contributed by atoms with Gasteiger partial charge in [0.25, 0.3) is 0 Å². The molecule has 25 heavy (non-hydrogen) atoms. The van der Waals surface area contributed by atoms with E-state index in [1.165, 1.54) is 13.2 Å². The zero-order valence-electron chi connectivity index (χ0n) is 13.6. The molecule has 0 radical (unpaired) electrons. The summed E-state index contributed by atoms with van der Waals surface area (Å²) in [4.78, 5) is 23.5. The molecule has 0 aromatic heterocycles. The van der Waals surface area contributed by atoms with Gasteiger partial charge < -0.3 is 9.84 Å². The van der Waals surface area contributed by atoms with Gasteiger partial charge >= 0.3 is 0 Å². The van der Waals surface area contributed by atoms with Gasteiger partial charge in [0.1, 0.15) is 6.29 Å². The van der Waals surface area contributed by atoms with Crippen LogP contribution in [0.4, 0.5) is 0 Å². The maximum atomic E-state index is 12.4. The first kappa shape index (κ1) is 16.5. The van der Waals surface area contributed by atoms with E-state index >= 15 is 0 Å². The summed E-state index contributed by atoms with van der Waals surface area (Å²) in [6, 6.07) is 18.9. The smallest absolute Gasteiger partial charge is 0.193 e. The normalized spacial score (nSPS) is 10.3. The van der Waals surface area contributed by atoms with Gasteiger partial charge in [-0.15, -0.1) is 0 Å². The van der Waals surface area contributed by atoms with E-state index in [9.17, 15) is 14.7 Å². The van der Waals surface area contributed by atoms with Crippen molar-refractivity contribution in [3.8, 4) is 22.6 Å². The number of benzene rings is 3. The van der Waals surface area contributed by atoms with Crippen LogP contribution in [0, 0.1) is 0 Å². The Morgan fingerprint density at radius 1 is 0.960 bits per heavy atom. The monoisotopic (exact) mass is 332 g/mol. The van der Waals surface area contributed by atoms with E-state index in [0.717, 1.165) is 0 Å². The van der Waals surface area contributed by atoms with Crippen LogP contribution in [0.25, 0.3) is 11.1 Å². The Morgan fingerprint density at radius 2 is 1.60 bits per heavy atom. The first-order valence-corrected chi connectivity index (χ1v) is 7.70. The highest BCUT2D eigenvalue weighted by Gasteiger charge is 2.14. The average Bonchev–Trinajstić information content (AvgIpc) is 2.68. The highest BCUT2D eigenvalue weighted by molar-refractivity contribution is 6.09. The fourth-order valence-electron chi connectivity index (χ4n) is 2.63. The van der Waals surface area contributed by atoms with E-state index in [1.54, 1.807) is 42.5 Å². The Morgan fingerprint density at radius 3 is 2.20 bits per heavy atom. The van der Waals surface area contributed by atoms with E-state index in [0.29, 0.717) is 34.1 Å². The first-order valence-electron chi connectivity index (χ1n) is 7.70. The fourth-order valence-corrected chi connectivity index (χ4v) is 2.63. The van der Waals surface area contributed by atoms with Crippen molar-refractivity contribution in [3.63, 3.8) is 0 Å². The summed E-state index contributed by atoms with van der Waals surface area (Å²) in [6.45, 7) is 0. The largest absolute Gasteiger partial charge is 0.504 e. The number of carbonyl (C=O) groups excluding carboxylic acids is 2. The predicted octanol–water partition coefficient (Wildman–Crippen LogP) is 4.11. The van der Waals surface area contributed by atoms with Crippen molar-refractivity contribution in [1.29, 1.82) is 0 Å². The lowest BCUT2D eigenvalue weighted by molar-refractivity contribution is 0.103.